The Hall–Kier alpha value is -1.47. The fourth-order valence-corrected chi connectivity index (χ4v) is 1.08. The number of aliphatic carboxylic acids is 1. The van der Waals surface area contributed by atoms with E-state index in [2.05, 4.69) is 5.32 Å². The topological polar surface area (TPSA) is 113 Å². The summed E-state index contributed by atoms with van der Waals surface area (Å²) in [5.41, 5.74) is 5.21. The van der Waals surface area contributed by atoms with Gasteiger partial charge in [0, 0.05) is 0 Å². The molecule has 0 radical (unpaired) electrons. The molecule has 0 aromatic heterocycles. The number of nitrogens with zero attached hydrogens (tertiary/aromatic N) is 1. The Labute approximate surface area is 79.9 Å². The fourth-order valence-electron chi connectivity index (χ4n) is 1.08. The fraction of sp³-hybridized carbons (Fsp3) is 0.571. The van der Waals surface area contributed by atoms with Crippen molar-refractivity contribution in [3.8, 4) is 0 Å². The minimum Gasteiger partial charge on any atom is -0.480 e. The van der Waals surface area contributed by atoms with Crippen molar-refractivity contribution in [2.45, 2.75) is 6.04 Å². The Kier molecular flexibility index (Phi) is 3.15. The zero-order valence-corrected chi connectivity index (χ0v) is 7.40. The van der Waals surface area contributed by atoms with Gasteiger partial charge in [0.15, 0.2) is 0 Å². The van der Waals surface area contributed by atoms with Crippen LogP contribution in [0.25, 0.3) is 0 Å². The Morgan fingerprint density at radius 3 is 2.43 bits per heavy atom. The second-order valence-electron chi connectivity index (χ2n) is 2.95. The van der Waals surface area contributed by atoms with Crippen LogP contribution in [0, 0.1) is 0 Å². The van der Waals surface area contributed by atoms with Crippen LogP contribution >= 0.6 is 0 Å². The summed E-state index contributed by atoms with van der Waals surface area (Å²) < 4.78 is 0. The molecule has 1 saturated heterocycles. The van der Waals surface area contributed by atoms with Crippen LogP contribution in [0.5, 0.6) is 0 Å². The highest BCUT2D eigenvalue weighted by atomic mass is 16.4. The lowest BCUT2D eigenvalue weighted by Crippen LogP contribution is -2.56. The quantitative estimate of drug-likeness (QED) is 0.430. The van der Waals surface area contributed by atoms with Gasteiger partial charge in [0.1, 0.15) is 6.04 Å². The Morgan fingerprint density at radius 2 is 2.00 bits per heavy atom. The standard InChI is InChI=1S/C7H11N3O4/c8-4(7(13)14)3-10-5(11)1-9-2-6(10)12/h4,9H,1-3,8H2,(H,13,14). The van der Waals surface area contributed by atoms with Gasteiger partial charge in [0.05, 0.1) is 19.6 Å². The average Bonchev–Trinajstić information content (AvgIpc) is 2.11. The lowest BCUT2D eigenvalue weighted by molar-refractivity contribution is -0.148. The number of nitrogens with two attached hydrogens (primary N) is 1. The number of hydrogen-bond donors (Lipinski definition) is 3. The number of carboxylic acid groups (broad SMARTS) is 1. The maximum Gasteiger partial charge on any atom is 0.322 e. The summed E-state index contributed by atoms with van der Waals surface area (Å²) in [4.78, 5) is 33.6. The van der Waals surface area contributed by atoms with E-state index in [-0.39, 0.29) is 19.6 Å². The van der Waals surface area contributed by atoms with Crippen molar-refractivity contribution >= 4 is 17.8 Å². The highest BCUT2D eigenvalue weighted by Crippen LogP contribution is 1.97. The van der Waals surface area contributed by atoms with Crippen LogP contribution in [-0.4, -0.2) is 53.5 Å². The average molecular weight is 201 g/mol. The molecule has 1 atom stereocenters. The molecule has 1 aliphatic rings. The van der Waals surface area contributed by atoms with E-state index in [0.29, 0.717) is 0 Å². The predicted molar refractivity (Wildman–Crippen MR) is 45.2 cm³/mol. The molecule has 14 heavy (non-hydrogen) atoms. The van der Waals surface area contributed by atoms with Crippen LogP contribution in [-0.2, 0) is 14.4 Å². The minimum absolute atomic E-state index is 0.0398. The van der Waals surface area contributed by atoms with Crippen LogP contribution in [0.1, 0.15) is 0 Å². The Balaban J connectivity index is 2.61. The largest absolute Gasteiger partial charge is 0.480 e. The molecule has 1 aliphatic heterocycles. The SMILES string of the molecule is NC(CN1C(=O)CNCC1=O)C(=O)O. The number of imide groups is 1. The van der Waals surface area contributed by atoms with Crippen molar-refractivity contribution in [3.05, 3.63) is 0 Å². The van der Waals surface area contributed by atoms with Crippen molar-refractivity contribution in [2.24, 2.45) is 5.73 Å². The van der Waals surface area contributed by atoms with E-state index < -0.39 is 23.8 Å². The molecule has 0 aliphatic carbocycles. The van der Waals surface area contributed by atoms with E-state index in [9.17, 15) is 14.4 Å². The van der Waals surface area contributed by atoms with E-state index in [0.717, 1.165) is 4.90 Å². The van der Waals surface area contributed by atoms with Crippen LogP contribution in [0.3, 0.4) is 0 Å². The van der Waals surface area contributed by atoms with Gasteiger partial charge in [-0.2, -0.15) is 0 Å². The molecule has 2 amide bonds. The predicted octanol–water partition coefficient (Wildman–Crippen LogP) is -2.64. The van der Waals surface area contributed by atoms with Crippen LogP contribution < -0.4 is 11.1 Å². The normalized spacial score (nSPS) is 19.6. The molecule has 1 fully saturated rings. The zero-order valence-electron chi connectivity index (χ0n) is 7.40. The van der Waals surface area contributed by atoms with Gasteiger partial charge in [0.2, 0.25) is 11.8 Å². The first-order valence-corrected chi connectivity index (χ1v) is 4.04. The number of rotatable bonds is 3. The first kappa shape index (κ1) is 10.6. The van der Waals surface area contributed by atoms with E-state index in [1.807, 2.05) is 0 Å². The third kappa shape index (κ3) is 2.27. The highest BCUT2D eigenvalue weighted by Gasteiger charge is 2.28. The Bertz CT molecular complexity index is 262. The maximum atomic E-state index is 11.2. The number of amides is 2. The van der Waals surface area contributed by atoms with E-state index in [1.165, 1.54) is 0 Å². The Morgan fingerprint density at radius 1 is 1.50 bits per heavy atom. The van der Waals surface area contributed by atoms with E-state index in [4.69, 9.17) is 10.8 Å². The van der Waals surface area contributed by atoms with Gasteiger partial charge < -0.3 is 10.8 Å². The van der Waals surface area contributed by atoms with Gasteiger partial charge in [0.25, 0.3) is 0 Å². The van der Waals surface area contributed by atoms with Crippen LogP contribution in [0.15, 0.2) is 0 Å². The van der Waals surface area contributed by atoms with Gasteiger partial charge in [-0.25, -0.2) is 0 Å². The molecule has 1 unspecified atom stereocenters. The summed E-state index contributed by atoms with van der Waals surface area (Å²) in [5, 5.41) is 11.1. The molecule has 0 aromatic rings. The summed E-state index contributed by atoms with van der Waals surface area (Å²) in [6.45, 7) is -0.190. The number of carbonyl (C=O) groups is 3. The van der Waals surface area contributed by atoms with Crippen LogP contribution in [0.2, 0.25) is 0 Å². The molecular formula is C7H11N3O4. The van der Waals surface area contributed by atoms with Crippen molar-refractivity contribution in [1.29, 1.82) is 0 Å². The first-order valence-electron chi connectivity index (χ1n) is 4.04. The molecule has 4 N–H and O–H groups in total. The van der Waals surface area contributed by atoms with Gasteiger partial charge in [-0.05, 0) is 0 Å². The summed E-state index contributed by atoms with van der Waals surface area (Å²) in [6, 6.07) is -1.22. The van der Waals surface area contributed by atoms with Gasteiger partial charge in [-0.1, -0.05) is 0 Å². The van der Waals surface area contributed by atoms with Crippen molar-refractivity contribution in [1.82, 2.24) is 10.2 Å². The summed E-state index contributed by atoms with van der Waals surface area (Å²) in [5.74, 6) is -2.12. The van der Waals surface area contributed by atoms with Gasteiger partial charge in [-0.3, -0.25) is 24.6 Å². The van der Waals surface area contributed by atoms with Crippen LogP contribution in [0.4, 0.5) is 0 Å². The molecule has 7 nitrogen and oxygen atoms in total. The summed E-state index contributed by atoms with van der Waals surface area (Å²) >= 11 is 0. The molecule has 0 aromatic carbocycles. The third-order valence-corrected chi connectivity index (χ3v) is 1.85. The molecule has 1 heterocycles. The molecule has 0 saturated carbocycles. The number of piperazine rings is 1. The lowest BCUT2D eigenvalue weighted by atomic mass is 10.2. The maximum absolute atomic E-state index is 11.2. The van der Waals surface area contributed by atoms with Gasteiger partial charge >= 0.3 is 5.97 Å². The molecule has 1 rings (SSSR count). The monoisotopic (exact) mass is 201 g/mol. The summed E-state index contributed by atoms with van der Waals surface area (Å²) in [6.07, 6.45) is 0. The molecule has 78 valence electrons. The zero-order chi connectivity index (χ0) is 10.7. The second-order valence-corrected chi connectivity index (χ2v) is 2.95. The third-order valence-electron chi connectivity index (χ3n) is 1.85. The number of carbonyl (C=O) groups excluding carboxylic acids is 2. The summed E-state index contributed by atoms with van der Waals surface area (Å²) in [7, 11) is 0. The van der Waals surface area contributed by atoms with Gasteiger partial charge in [-0.15, -0.1) is 0 Å². The molecule has 0 bridgehead atoms. The molecule has 0 spiro atoms. The number of nitrogens with one attached hydrogen (secondary N) is 1. The number of hydrogen-bond acceptors (Lipinski definition) is 5. The highest BCUT2D eigenvalue weighted by molar-refractivity contribution is 5.99. The smallest absolute Gasteiger partial charge is 0.322 e. The van der Waals surface area contributed by atoms with Crippen molar-refractivity contribution < 1.29 is 19.5 Å². The second kappa shape index (κ2) is 4.16. The van der Waals surface area contributed by atoms with Crippen molar-refractivity contribution in [3.63, 3.8) is 0 Å². The minimum atomic E-state index is -1.23. The number of carboxylic acids is 1. The van der Waals surface area contributed by atoms with Crippen molar-refractivity contribution in [2.75, 3.05) is 19.6 Å². The van der Waals surface area contributed by atoms with E-state index >= 15 is 0 Å². The first-order chi connectivity index (χ1) is 6.52. The molecule has 7 heteroatoms. The molecular weight excluding hydrogens is 190 g/mol. The van der Waals surface area contributed by atoms with E-state index in [1.54, 1.807) is 0 Å². The lowest BCUT2D eigenvalue weighted by Gasteiger charge is -2.26.